The number of carboxylic acid groups (broad SMARTS) is 1. The molecule has 0 aliphatic carbocycles. The zero-order chi connectivity index (χ0) is 20.3. The maximum atomic E-state index is 12.0. The van der Waals surface area contributed by atoms with E-state index in [4.69, 9.17) is 21.3 Å². The fourth-order valence-electron chi connectivity index (χ4n) is 3.44. The Balaban J connectivity index is 1.96. The van der Waals surface area contributed by atoms with Gasteiger partial charge in [0.25, 0.3) is 0 Å². The lowest BCUT2D eigenvalue weighted by Crippen LogP contribution is -2.47. The van der Waals surface area contributed by atoms with Gasteiger partial charge in [0.05, 0.1) is 6.20 Å². The van der Waals surface area contributed by atoms with Crippen molar-refractivity contribution in [1.29, 1.82) is 0 Å². The van der Waals surface area contributed by atoms with E-state index in [1.54, 1.807) is 12.3 Å². The van der Waals surface area contributed by atoms with Crippen LogP contribution in [0.25, 0.3) is 0 Å². The van der Waals surface area contributed by atoms with E-state index in [9.17, 15) is 9.90 Å². The van der Waals surface area contributed by atoms with Crippen molar-refractivity contribution in [2.75, 3.05) is 5.75 Å². The van der Waals surface area contributed by atoms with Gasteiger partial charge in [-0.15, -0.1) is 0 Å². The van der Waals surface area contributed by atoms with Crippen LogP contribution in [0.3, 0.4) is 0 Å². The van der Waals surface area contributed by atoms with Crippen LogP contribution in [0, 0.1) is 0 Å². The van der Waals surface area contributed by atoms with Gasteiger partial charge in [-0.05, 0) is 45.0 Å². The summed E-state index contributed by atoms with van der Waals surface area (Å²) in [5.41, 5.74) is 0.198. The first-order valence-corrected chi connectivity index (χ1v) is 10.7. The maximum Gasteiger partial charge on any atom is 0.413 e. The van der Waals surface area contributed by atoms with Crippen LogP contribution < -0.4 is 4.74 Å². The second-order valence-corrected chi connectivity index (χ2v) is 9.82. The molecule has 0 radical (unpaired) electrons. The fraction of sp³-hybridized carbons (Fsp3) is 0.316. The predicted molar refractivity (Wildman–Crippen MR) is 114 cm³/mol. The summed E-state index contributed by atoms with van der Waals surface area (Å²) >= 11 is 11.1. The Morgan fingerprint density at radius 3 is 2.71 bits per heavy atom. The summed E-state index contributed by atoms with van der Waals surface area (Å²) in [6, 6.07) is 7.47. The molecule has 1 spiro atoms. The van der Waals surface area contributed by atoms with Crippen molar-refractivity contribution >= 4 is 50.6 Å². The standard InChI is InChI=1S/C19H17BrClN3O3S/c1-18(2,3)24(17(25)26)16-23-19(9-28-16)11-6-10(20)4-5-13(11)27-14-8-22-15(21)7-12(14)19/h4-8H,9H2,1-3H3,(H,25,26)/t19-/m0/s1. The smallest absolute Gasteiger partial charge is 0.413 e. The first-order valence-electron chi connectivity index (χ1n) is 8.51. The lowest BCUT2D eigenvalue weighted by molar-refractivity contribution is 0.142. The summed E-state index contributed by atoms with van der Waals surface area (Å²) < 4.78 is 6.92. The van der Waals surface area contributed by atoms with Crippen molar-refractivity contribution in [3.8, 4) is 11.5 Å². The van der Waals surface area contributed by atoms with Crippen LogP contribution in [-0.2, 0) is 5.54 Å². The molecule has 0 saturated carbocycles. The van der Waals surface area contributed by atoms with Crippen LogP contribution in [0.5, 0.6) is 11.5 Å². The molecule has 28 heavy (non-hydrogen) atoms. The number of rotatable bonds is 0. The van der Waals surface area contributed by atoms with Gasteiger partial charge in [0.2, 0.25) is 0 Å². The quantitative estimate of drug-likeness (QED) is 0.485. The van der Waals surface area contributed by atoms with E-state index in [0.29, 0.717) is 27.6 Å². The van der Waals surface area contributed by atoms with Gasteiger partial charge in [-0.3, -0.25) is 4.90 Å². The van der Waals surface area contributed by atoms with Crippen LogP contribution in [0.15, 0.2) is 39.9 Å². The molecular weight excluding hydrogens is 466 g/mol. The van der Waals surface area contributed by atoms with Gasteiger partial charge in [-0.25, -0.2) is 14.8 Å². The SMILES string of the molecule is CC(C)(C)N(C(=O)O)C1=N[C@@]2(CS1)c1cc(Br)ccc1Oc1cnc(Cl)cc12. The van der Waals surface area contributed by atoms with Crippen LogP contribution in [-0.4, -0.2) is 37.5 Å². The summed E-state index contributed by atoms with van der Waals surface area (Å²) in [7, 11) is 0. The number of amidine groups is 1. The highest BCUT2D eigenvalue weighted by atomic mass is 79.9. The van der Waals surface area contributed by atoms with Crippen molar-refractivity contribution in [1.82, 2.24) is 9.88 Å². The fourth-order valence-corrected chi connectivity index (χ4v) is 5.38. The number of aromatic nitrogens is 1. The first-order chi connectivity index (χ1) is 13.1. The van der Waals surface area contributed by atoms with Crippen LogP contribution >= 0.6 is 39.3 Å². The van der Waals surface area contributed by atoms with Gasteiger partial charge in [0.1, 0.15) is 16.4 Å². The van der Waals surface area contributed by atoms with Gasteiger partial charge in [-0.1, -0.05) is 39.3 Å². The summed E-state index contributed by atoms with van der Waals surface area (Å²) in [4.78, 5) is 22.4. The Labute approximate surface area is 180 Å². The number of aliphatic imine (C=N–C) groups is 1. The molecular formula is C19H17BrClN3O3S. The van der Waals surface area contributed by atoms with Gasteiger partial charge in [0.15, 0.2) is 10.9 Å². The second kappa shape index (κ2) is 6.64. The molecule has 0 fully saturated rings. The van der Waals surface area contributed by atoms with E-state index >= 15 is 0 Å². The minimum absolute atomic E-state index is 0.333. The van der Waals surface area contributed by atoms with E-state index in [-0.39, 0.29) is 0 Å². The van der Waals surface area contributed by atoms with E-state index in [0.717, 1.165) is 15.6 Å². The molecule has 3 heterocycles. The number of halogens is 2. The van der Waals surface area contributed by atoms with E-state index < -0.39 is 17.2 Å². The molecule has 1 aromatic heterocycles. The second-order valence-electron chi connectivity index (χ2n) is 7.58. The molecule has 9 heteroatoms. The Kier molecular flexibility index (Phi) is 4.63. The van der Waals surface area contributed by atoms with Crippen LogP contribution in [0.1, 0.15) is 31.9 Å². The first kappa shape index (κ1) is 19.5. The van der Waals surface area contributed by atoms with E-state index in [1.165, 1.54) is 16.7 Å². The molecule has 2 aliphatic rings. The Morgan fingerprint density at radius 2 is 2.04 bits per heavy atom. The zero-order valence-electron chi connectivity index (χ0n) is 15.4. The van der Waals surface area contributed by atoms with Crippen molar-refractivity contribution in [2.24, 2.45) is 4.99 Å². The Bertz CT molecular complexity index is 970. The van der Waals surface area contributed by atoms with Crippen LogP contribution in [0.2, 0.25) is 5.15 Å². The number of fused-ring (bicyclic) bond motifs is 4. The summed E-state index contributed by atoms with van der Waals surface area (Å²) in [5.74, 6) is 1.77. The molecule has 0 saturated heterocycles. The minimum Gasteiger partial charge on any atom is -0.465 e. The number of pyridine rings is 1. The molecule has 1 N–H and O–H groups in total. The van der Waals surface area contributed by atoms with Crippen molar-refractivity contribution in [3.05, 3.63) is 51.2 Å². The largest absolute Gasteiger partial charge is 0.465 e. The third-order valence-corrected chi connectivity index (χ3v) is 6.43. The molecule has 2 aromatic rings. The zero-order valence-corrected chi connectivity index (χ0v) is 18.5. The summed E-state index contributed by atoms with van der Waals surface area (Å²) in [6.07, 6.45) is 0.548. The monoisotopic (exact) mass is 481 g/mol. The van der Waals surface area contributed by atoms with Gasteiger partial charge < -0.3 is 9.84 Å². The molecule has 2 aliphatic heterocycles. The summed E-state index contributed by atoms with van der Waals surface area (Å²) in [6.45, 7) is 5.54. The van der Waals surface area contributed by atoms with Crippen molar-refractivity contribution in [3.63, 3.8) is 0 Å². The summed E-state index contributed by atoms with van der Waals surface area (Å²) in [5, 5.41) is 10.6. The number of thioether (sulfide) groups is 1. The van der Waals surface area contributed by atoms with E-state index in [1.807, 2.05) is 39.0 Å². The molecule has 0 unspecified atom stereocenters. The molecule has 1 amide bonds. The van der Waals surface area contributed by atoms with Crippen molar-refractivity contribution < 1.29 is 14.6 Å². The molecule has 1 aromatic carbocycles. The third-order valence-electron chi connectivity index (χ3n) is 4.64. The van der Waals surface area contributed by atoms with Gasteiger partial charge >= 0.3 is 6.09 Å². The van der Waals surface area contributed by atoms with Gasteiger partial charge in [-0.2, -0.15) is 0 Å². The Hall–Kier alpha value is -1.77. The number of ether oxygens (including phenoxy) is 1. The highest BCUT2D eigenvalue weighted by molar-refractivity contribution is 9.10. The molecule has 0 bridgehead atoms. The number of hydrogen-bond donors (Lipinski definition) is 1. The van der Waals surface area contributed by atoms with Crippen molar-refractivity contribution in [2.45, 2.75) is 31.8 Å². The average molecular weight is 483 g/mol. The number of benzene rings is 1. The lowest BCUT2D eigenvalue weighted by Gasteiger charge is -2.35. The topological polar surface area (TPSA) is 75.0 Å². The highest BCUT2D eigenvalue weighted by Gasteiger charge is 2.49. The molecule has 4 rings (SSSR count). The Morgan fingerprint density at radius 1 is 1.32 bits per heavy atom. The number of amides is 1. The highest BCUT2D eigenvalue weighted by Crippen LogP contribution is 2.54. The third kappa shape index (κ3) is 3.07. The van der Waals surface area contributed by atoms with E-state index in [2.05, 4.69) is 20.9 Å². The number of hydrogen-bond acceptors (Lipinski definition) is 5. The normalized spacial score (nSPS) is 20.2. The molecule has 146 valence electrons. The predicted octanol–water partition coefficient (Wildman–Crippen LogP) is 5.73. The molecule has 1 atom stereocenters. The lowest BCUT2D eigenvalue weighted by atomic mass is 9.83. The van der Waals surface area contributed by atoms with Crippen LogP contribution in [0.4, 0.5) is 4.79 Å². The number of nitrogens with zero attached hydrogens (tertiary/aromatic N) is 3. The maximum absolute atomic E-state index is 12.0. The minimum atomic E-state index is -1.04. The number of carbonyl (C=O) groups is 1. The average Bonchev–Trinajstić information content (AvgIpc) is 3.00. The molecule has 6 nitrogen and oxygen atoms in total. The van der Waals surface area contributed by atoms with Gasteiger partial charge in [0, 0.05) is 26.9 Å².